The third-order valence-corrected chi connectivity index (χ3v) is 8.21. The minimum absolute atomic E-state index is 0.203. The first-order valence-electron chi connectivity index (χ1n) is 7.38. The molecule has 0 radical (unpaired) electrons. The molecule has 4 aromatic heterocycles. The molecule has 0 spiro atoms. The van der Waals surface area contributed by atoms with E-state index in [4.69, 9.17) is 0 Å². The third-order valence-electron chi connectivity index (χ3n) is 3.87. The Morgan fingerprint density at radius 2 is 1.00 bits per heavy atom. The zero-order chi connectivity index (χ0) is 16.1. The highest BCUT2D eigenvalue weighted by Gasteiger charge is 2.28. The summed E-state index contributed by atoms with van der Waals surface area (Å²) in [7, 11) is 0. The molecule has 0 atom stereocenters. The number of hydrogen-bond acceptors (Lipinski definition) is 5. The molecule has 116 valence electrons. The Labute approximate surface area is 154 Å². The molecule has 0 saturated heterocycles. The fourth-order valence-corrected chi connectivity index (χ4v) is 6.47. The molecule has 1 aromatic carbocycles. The van der Waals surface area contributed by atoms with E-state index in [9.17, 15) is 4.79 Å². The largest absolute Gasteiger partial charge is 0.288 e. The van der Waals surface area contributed by atoms with Crippen LogP contribution in [-0.2, 0) is 0 Å². The zero-order valence-electron chi connectivity index (χ0n) is 12.3. The number of thiophene rings is 4. The Morgan fingerprint density at radius 1 is 0.542 bits per heavy atom. The molecule has 24 heavy (non-hydrogen) atoms. The van der Waals surface area contributed by atoms with Crippen molar-refractivity contribution in [2.45, 2.75) is 0 Å². The second kappa shape index (κ2) is 5.63. The van der Waals surface area contributed by atoms with Crippen LogP contribution in [0.1, 0.15) is 0 Å². The average Bonchev–Trinajstić information content (AvgIpc) is 3.25. The normalized spacial score (nSPS) is 11.5. The summed E-state index contributed by atoms with van der Waals surface area (Å²) < 4.78 is 0. The molecule has 5 aromatic rings. The summed E-state index contributed by atoms with van der Waals surface area (Å²) in [6, 6.07) is 16.8. The molecule has 0 saturated carbocycles. The molecule has 0 unspecified atom stereocenters. The van der Waals surface area contributed by atoms with E-state index in [1.807, 2.05) is 0 Å². The van der Waals surface area contributed by atoms with Gasteiger partial charge in [-0.25, -0.2) is 0 Å². The van der Waals surface area contributed by atoms with Crippen molar-refractivity contribution < 1.29 is 0 Å². The van der Waals surface area contributed by atoms with Crippen LogP contribution in [0.2, 0.25) is 0 Å². The summed E-state index contributed by atoms with van der Waals surface area (Å²) in [6.45, 7) is 0. The van der Waals surface area contributed by atoms with Crippen LogP contribution in [0.3, 0.4) is 0 Å². The lowest BCUT2D eigenvalue weighted by molar-refractivity contribution is 1.92. The summed E-state index contributed by atoms with van der Waals surface area (Å²) in [4.78, 5) is 19.5. The lowest BCUT2D eigenvalue weighted by Crippen LogP contribution is -1.73. The van der Waals surface area contributed by atoms with Gasteiger partial charge in [0.05, 0.1) is 11.1 Å². The zero-order valence-corrected chi connectivity index (χ0v) is 15.6. The minimum Gasteiger partial charge on any atom is -0.288 e. The van der Waals surface area contributed by atoms with Crippen LogP contribution in [0, 0.1) is 0 Å². The maximum atomic E-state index is 12.4. The van der Waals surface area contributed by atoms with Crippen molar-refractivity contribution in [3.05, 3.63) is 69.5 Å². The summed E-state index contributed by atoms with van der Waals surface area (Å²) in [5, 5.41) is 4.17. The smallest absolute Gasteiger partial charge is 0.197 e. The molecular weight excluding hydrogens is 372 g/mol. The molecule has 0 fully saturated rings. The Morgan fingerprint density at radius 3 is 1.42 bits per heavy atom. The van der Waals surface area contributed by atoms with Crippen molar-refractivity contribution in [1.29, 1.82) is 0 Å². The predicted octanol–water partition coefficient (Wildman–Crippen LogP) is 6.84. The Bertz CT molecular complexity index is 1030. The van der Waals surface area contributed by atoms with Gasteiger partial charge in [-0.3, -0.25) is 4.79 Å². The molecule has 1 nitrogen and oxygen atoms in total. The second-order valence-electron chi connectivity index (χ2n) is 5.36. The maximum Gasteiger partial charge on any atom is 0.197 e. The molecule has 5 rings (SSSR count). The van der Waals surface area contributed by atoms with Gasteiger partial charge in [-0.15, -0.1) is 45.3 Å². The lowest BCUT2D eigenvalue weighted by Gasteiger charge is -1.88. The standard InChI is InChI=1S/C19H10OS4/c20-19-17(15-7-5-13(23-15)11-3-1-9-21-11)18(19)16-8-6-14(24-16)12-4-2-10-22-12/h1-10H. The average molecular weight is 383 g/mol. The predicted molar refractivity (Wildman–Crippen MR) is 108 cm³/mol. The molecular formula is C19H10OS4. The Balaban J connectivity index is 1.48. The van der Waals surface area contributed by atoms with Gasteiger partial charge in [0.25, 0.3) is 0 Å². The molecule has 0 amide bonds. The highest BCUT2D eigenvalue weighted by molar-refractivity contribution is 7.24. The fraction of sp³-hybridized carbons (Fsp3) is 0. The van der Waals surface area contributed by atoms with E-state index in [2.05, 4.69) is 59.3 Å². The summed E-state index contributed by atoms with van der Waals surface area (Å²) in [6.07, 6.45) is 0. The molecule has 0 aliphatic heterocycles. The van der Waals surface area contributed by atoms with Gasteiger partial charge in [0.1, 0.15) is 0 Å². The first kappa shape index (κ1) is 14.5. The molecule has 0 aliphatic rings. The van der Waals surface area contributed by atoms with Gasteiger partial charge in [0.15, 0.2) is 5.43 Å². The second-order valence-corrected chi connectivity index (χ2v) is 9.42. The van der Waals surface area contributed by atoms with Crippen molar-refractivity contribution in [2.75, 3.05) is 0 Å². The van der Waals surface area contributed by atoms with E-state index in [1.165, 1.54) is 19.5 Å². The number of hydrogen-bond donors (Lipinski definition) is 0. The van der Waals surface area contributed by atoms with Gasteiger partial charge >= 0.3 is 0 Å². The van der Waals surface area contributed by atoms with E-state index in [-0.39, 0.29) is 5.43 Å². The van der Waals surface area contributed by atoms with Crippen LogP contribution < -0.4 is 5.43 Å². The monoisotopic (exact) mass is 382 g/mol. The van der Waals surface area contributed by atoms with Crippen LogP contribution in [-0.4, -0.2) is 0 Å². The lowest BCUT2D eigenvalue weighted by atomic mass is 10.3. The SMILES string of the molecule is O=c1c(-c2ccc(-c3cccs3)s2)c1-c1ccc(-c2cccs2)s1. The van der Waals surface area contributed by atoms with E-state index in [0.29, 0.717) is 0 Å². The summed E-state index contributed by atoms with van der Waals surface area (Å²) >= 11 is 6.88. The molecule has 0 bridgehead atoms. The Hall–Kier alpha value is -1.79. The summed E-state index contributed by atoms with van der Waals surface area (Å²) in [5.74, 6) is 0. The highest BCUT2D eigenvalue weighted by Crippen LogP contribution is 2.45. The van der Waals surface area contributed by atoms with Crippen LogP contribution in [0.5, 0.6) is 0 Å². The molecule has 5 heteroatoms. The topological polar surface area (TPSA) is 17.1 Å². The van der Waals surface area contributed by atoms with E-state index in [1.54, 1.807) is 45.3 Å². The van der Waals surface area contributed by atoms with Crippen LogP contribution in [0.25, 0.3) is 40.4 Å². The van der Waals surface area contributed by atoms with Crippen molar-refractivity contribution >= 4 is 45.3 Å². The first-order chi connectivity index (χ1) is 11.8. The van der Waals surface area contributed by atoms with Crippen molar-refractivity contribution in [3.8, 4) is 40.4 Å². The fourth-order valence-electron chi connectivity index (χ4n) is 2.69. The van der Waals surface area contributed by atoms with Gasteiger partial charge < -0.3 is 0 Å². The highest BCUT2D eigenvalue weighted by atomic mass is 32.1. The van der Waals surface area contributed by atoms with Crippen molar-refractivity contribution in [2.24, 2.45) is 0 Å². The quantitative estimate of drug-likeness (QED) is 0.333. The van der Waals surface area contributed by atoms with Gasteiger partial charge in [-0.05, 0) is 47.2 Å². The molecule has 0 N–H and O–H groups in total. The molecule has 0 aliphatic carbocycles. The molecule has 4 heterocycles. The Kier molecular flexibility index (Phi) is 3.41. The van der Waals surface area contributed by atoms with E-state index in [0.717, 1.165) is 20.9 Å². The number of rotatable bonds is 4. The maximum absolute atomic E-state index is 12.4. The summed E-state index contributed by atoms with van der Waals surface area (Å²) in [5.41, 5.74) is 2.01. The van der Waals surface area contributed by atoms with Gasteiger partial charge in [-0.1, -0.05) is 12.1 Å². The van der Waals surface area contributed by atoms with Crippen LogP contribution in [0.15, 0.2) is 64.1 Å². The third kappa shape index (κ3) is 2.36. The minimum atomic E-state index is 0.203. The van der Waals surface area contributed by atoms with Crippen LogP contribution >= 0.6 is 45.3 Å². The van der Waals surface area contributed by atoms with Gasteiger partial charge in [-0.2, -0.15) is 0 Å². The van der Waals surface area contributed by atoms with Crippen LogP contribution in [0.4, 0.5) is 0 Å². The van der Waals surface area contributed by atoms with Crippen molar-refractivity contribution in [3.63, 3.8) is 0 Å². The van der Waals surface area contributed by atoms with E-state index >= 15 is 0 Å². The first-order valence-corrected chi connectivity index (χ1v) is 10.8. The van der Waals surface area contributed by atoms with E-state index < -0.39 is 0 Å². The van der Waals surface area contributed by atoms with Gasteiger partial charge in [0, 0.05) is 29.3 Å². The van der Waals surface area contributed by atoms with Crippen molar-refractivity contribution in [1.82, 2.24) is 0 Å². The van der Waals surface area contributed by atoms with Gasteiger partial charge in [0.2, 0.25) is 0 Å².